The van der Waals surface area contributed by atoms with Crippen LogP contribution in [0, 0.1) is 0 Å². The average Bonchev–Trinajstić information content (AvgIpc) is 2.47. The molecule has 3 nitrogen and oxygen atoms in total. The predicted octanol–water partition coefficient (Wildman–Crippen LogP) is 2.64. The summed E-state index contributed by atoms with van der Waals surface area (Å²) in [6.45, 7) is 6.63. The minimum Gasteiger partial charge on any atom is -0.497 e. The molecule has 1 aliphatic heterocycles. The molecular weight excluding hydrogens is 248 g/mol. The van der Waals surface area contributed by atoms with Crippen LogP contribution in [0.3, 0.4) is 0 Å². The summed E-state index contributed by atoms with van der Waals surface area (Å²) in [6, 6.07) is 13.6. The van der Waals surface area contributed by atoms with E-state index in [1.165, 1.54) is 16.3 Å². The molecule has 1 saturated heterocycles. The van der Waals surface area contributed by atoms with Crippen molar-refractivity contribution in [1.29, 1.82) is 0 Å². The first-order valence-corrected chi connectivity index (χ1v) is 7.27. The third-order valence-corrected chi connectivity index (χ3v) is 3.97. The van der Waals surface area contributed by atoms with Gasteiger partial charge in [-0.1, -0.05) is 18.2 Å². The molecule has 0 aromatic heterocycles. The zero-order chi connectivity index (χ0) is 13.9. The summed E-state index contributed by atoms with van der Waals surface area (Å²) < 4.78 is 5.27. The van der Waals surface area contributed by atoms with Crippen LogP contribution in [0.15, 0.2) is 36.4 Å². The molecule has 0 aliphatic carbocycles. The molecule has 0 bridgehead atoms. The molecule has 1 heterocycles. The maximum Gasteiger partial charge on any atom is 0.119 e. The molecule has 1 fully saturated rings. The molecule has 1 N–H and O–H groups in total. The molecule has 1 atom stereocenters. The minimum absolute atomic E-state index is 0.591. The molecular formula is C17H22N2O. The Hall–Kier alpha value is -1.58. The van der Waals surface area contributed by atoms with Gasteiger partial charge in [-0.3, -0.25) is 4.90 Å². The van der Waals surface area contributed by atoms with Crippen LogP contribution in [0.25, 0.3) is 10.8 Å². The summed E-state index contributed by atoms with van der Waals surface area (Å²) in [5.74, 6) is 0.918. The van der Waals surface area contributed by atoms with Gasteiger partial charge >= 0.3 is 0 Å². The lowest BCUT2D eigenvalue weighted by Crippen LogP contribution is -2.48. The summed E-state index contributed by atoms with van der Waals surface area (Å²) in [4.78, 5) is 2.52. The van der Waals surface area contributed by atoms with Gasteiger partial charge in [-0.25, -0.2) is 0 Å². The van der Waals surface area contributed by atoms with Gasteiger partial charge in [0.05, 0.1) is 7.11 Å². The van der Waals surface area contributed by atoms with Crippen molar-refractivity contribution < 1.29 is 4.74 Å². The summed E-state index contributed by atoms with van der Waals surface area (Å²) in [7, 11) is 1.71. The van der Waals surface area contributed by atoms with Gasteiger partial charge in [0.2, 0.25) is 0 Å². The van der Waals surface area contributed by atoms with Crippen molar-refractivity contribution in [3.8, 4) is 5.75 Å². The highest BCUT2D eigenvalue weighted by molar-refractivity contribution is 5.84. The molecule has 20 heavy (non-hydrogen) atoms. The molecule has 3 rings (SSSR count). The monoisotopic (exact) mass is 270 g/mol. The number of nitrogens with one attached hydrogen (secondary N) is 1. The Labute approximate surface area is 120 Å². The van der Waals surface area contributed by atoms with Crippen molar-refractivity contribution in [2.24, 2.45) is 0 Å². The fraction of sp³-hybridized carbons (Fsp3) is 0.412. The number of ether oxygens (including phenoxy) is 1. The smallest absolute Gasteiger partial charge is 0.119 e. The third-order valence-electron chi connectivity index (χ3n) is 3.97. The Kier molecular flexibility index (Phi) is 3.90. The van der Waals surface area contributed by atoms with Gasteiger partial charge in [0, 0.05) is 32.2 Å². The lowest BCUT2D eigenvalue weighted by molar-refractivity contribution is 0.200. The summed E-state index contributed by atoms with van der Waals surface area (Å²) >= 11 is 0. The van der Waals surface area contributed by atoms with E-state index in [1.54, 1.807) is 7.11 Å². The fourth-order valence-corrected chi connectivity index (χ4v) is 2.91. The molecule has 0 saturated carbocycles. The van der Waals surface area contributed by atoms with Crippen LogP contribution < -0.4 is 10.1 Å². The van der Waals surface area contributed by atoms with E-state index in [2.05, 4.69) is 47.5 Å². The maximum absolute atomic E-state index is 5.27. The van der Waals surface area contributed by atoms with Gasteiger partial charge in [-0.2, -0.15) is 0 Å². The van der Waals surface area contributed by atoms with Crippen LogP contribution in [0.5, 0.6) is 5.75 Å². The molecule has 3 heteroatoms. The van der Waals surface area contributed by atoms with Crippen LogP contribution in [0.2, 0.25) is 0 Å². The van der Waals surface area contributed by atoms with Gasteiger partial charge in [-0.15, -0.1) is 0 Å². The normalized spacial score (nSPS) is 20.2. The Morgan fingerprint density at radius 3 is 2.80 bits per heavy atom. The van der Waals surface area contributed by atoms with E-state index in [-0.39, 0.29) is 0 Å². The van der Waals surface area contributed by atoms with E-state index in [0.717, 1.165) is 31.9 Å². The quantitative estimate of drug-likeness (QED) is 0.928. The molecule has 1 aliphatic rings. The largest absolute Gasteiger partial charge is 0.497 e. The minimum atomic E-state index is 0.591. The first kappa shape index (κ1) is 13.4. The second kappa shape index (κ2) is 5.81. The Bertz CT molecular complexity index is 597. The number of rotatable bonds is 3. The average molecular weight is 270 g/mol. The molecule has 2 aromatic rings. The number of nitrogens with zero attached hydrogens (tertiary/aromatic N) is 1. The number of fused-ring (bicyclic) bond motifs is 1. The van der Waals surface area contributed by atoms with E-state index < -0.39 is 0 Å². The van der Waals surface area contributed by atoms with Crippen molar-refractivity contribution >= 4 is 10.8 Å². The molecule has 2 aromatic carbocycles. The van der Waals surface area contributed by atoms with Crippen LogP contribution >= 0.6 is 0 Å². The van der Waals surface area contributed by atoms with E-state index in [1.807, 2.05) is 6.07 Å². The van der Waals surface area contributed by atoms with Crippen LogP contribution in [-0.4, -0.2) is 37.7 Å². The van der Waals surface area contributed by atoms with Crippen molar-refractivity contribution in [3.05, 3.63) is 42.0 Å². The van der Waals surface area contributed by atoms with Crippen molar-refractivity contribution in [2.75, 3.05) is 26.7 Å². The van der Waals surface area contributed by atoms with E-state index in [9.17, 15) is 0 Å². The molecule has 106 valence electrons. The summed E-state index contributed by atoms with van der Waals surface area (Å²) in [6.07, 6.45) is 0. The van der Waals surface area contributed by atoms with Crippen LogP contribution in [0.4, 0.5) is 0 Å². The predicted molar refractivity (Wildman–Crippen MR) is 83.2 cm³/mol. The molecule has 0 unspecified atom stereocenters. The first-order chi connectivity index (χ1) is 9.74. The van der Waals surface area contributed by atoms with Crippen LogP contribution in [0.1, 0.15) is 12.5 Å². The van der Waals surface area contributed by atoms with Crippen molar-refractivity contribution in [2.45, 2.75) is 19.5 Å². The van der Waals surface area contributed by atoms with Crippen molar-refractivity contribution in [3.63, 3.8) is 0 Å². The third kappa shape index (κ3) is 2.94. The van der Waals surface area contributed by atoms with Gasteiger partial charge in [0.15, 0.2) is 0 Å². The van der Waals surface area contributed by atoms with E-state index in [4.69, 9.17) is 4.74 Å². The number of hydrogen-bond acceptors (Lipinski definition) is 3. The topological polar surface area (TPSA) is 24.5 Å². The Balaban J connectivity index is 1.78. The standard InChI is InChI=1S/C17H22N2O/c1-13-11-19(8-7-18-13)12-14-3-4-16-10-17(20-2)6-5-15(16)9-14/h3-6,9-10,13,18H,7-8,11-12H2,1-2H3/t13-/m0/s1. The van der Waals surface area contributed by atoms with Crippen LogP contribution in [-0.2, 0) is 6.54 Å². The highest BCUT2D eigenvalue weighted by atomic mass is 16.5. The van der Waals surface area contributed by atoms with Gasteiger partial charge < -0.3 is 10.1 Å². The number of hydrogen-bond donors (Lipinski definition) is 1. The van der Waals surface area contributed by atoms with E-state index >= 15 is 0 Å². The summed E-state index contributed by atoms with van der Waals surface area (Å²) in [5, 5.41) is 6.01. The molecule has 0 amide bonds. The zero-order valence-corrected chi connectivity index (χ0v) is 12.2. The maximum atomic E-state index is 5.27. The lowest BCUT2D eigenvalue weighted by Gasteiger charge is -2.31. The van der Waals surface area contributed by atoms with E-state index in [0.29, 0.717) is 6.04 Å². The zero-order valence-electron chi connectivity index (χ0n) is 12.2. The second-order valence-electron chi connectivity index (χ2n) is 5.64. The second-order valence-corrected chi connectivity index (χ2v) is 5.64. The number of methoxy groups -OCH3 is 1. The highest BCUT2D eigenvalue weighted by Crippen LogP contribution is 2.22. The number of benzene rings is 2. The lowest BCUT2D eigenvalue weighted by atomic mass is 10.1. The molecule has 0 spiro atoms. The van der Waals surface area contributed by atoms with Gasteiger partial charge in [-0.05, 0) is 41.5 Å². The Morgan fingerprint density at radius 2 is 2.00 bits per heavy atom. The first-order valence-electron chi connectivity index (χ1n) is 7.27. The van der Waals surface area contributed by atoms with Crippen molar-refractivity contribution in [1.82, 2.24) is 10.2 Å². The van der Waals surface area contributed by atoms with Gasteiger partial charge in [0.1, 0.15) is 5.75 Å². The SMILES string of the molecule is COc1ccc2cc(CN3CCN[C@@H](C)C3)ccc2c1. The summed E-state index contributed by atoms with van der Waals surface area (Å²) in [5.41, 5.74) is 1.39. The molecule has 0 radical (unpaired) electrons. The fourth-order valence-electron chi connectivity index (χ4n) is 2.91. The Morgan fingerprint density at radius 1 is 1.20 bits per heavy atom. The highest BCUT2D eigenvalue weighted by Gasteiger charge is 2.15. The van der Waals surface area contributed by atoms with Gasteiger partial charge in [0.25, 0.3) is 0 Å². The number of piperazine rings is 1.